The molecule has 2 N–H and O–H groups in total. The summed E-state index contributed by atoms with van der Waals surface area (Å²) in [7, 11) is 0. The molecule has 49 heavy (non-hydrogen) atoms. The lowest BCUT2D eigenvalue weighted by Crippen LogP contribution is -2.61. The number of ketones is 1. The fourth-order valence-electron chi connectivity index (χ4n) is 9.89. The zero-order chi connectivity index (χ0) is 35.9. The van der Waals surface area contributed by atoms with Crippen molar-refractivity contribution in [3.63, 3.8) is 0 Å². The Bertz CT molecular complexity index is 1220. The van der Waals surface area contributed by atoms with Crippen LogP contribution in [0.15, 0.2) is 23.3 Å². The molecule has 0 amide bonds. The number of esters is 2. The number of fused-ring (bicyclic) bond motifs is 5. The molecule has 0 heterocycles. The number of aliphatic hydroxyl groups is 2. The van der Waals surface area contributed by atoms with Crippen molar-refractivity contribution in [2.24, 2.45) is 29.1 Å². The lowest BCUT2D eigenvalue weighted by Gasteiger charge is -2.50. The summed E-state index contributed by atoms with van der Waals surface area (Å²) in [5.41, 5.74) is -3.31. The maximum Gasteiger partial charge on any atom is 0.306 e. The van der Waals surface area contributed by atoms with Crippen LogP contribution in [-0.4, -0.2) is 51.3 Å². The lowest BCUT2D eigenvalue weighted by atomic mass is 9.60. The zero-order valence-corrected chi connectivity index (χ0v) is 31.7. The minimum atomic E-state index is -1.82. The van der Waals surface area contributed by atoms with Crippen molar-refractivity contribution in [3.05, 3.63) is 23.3 Å². The fraction of sp³-hybridized carbons (Fsp3) is 0.833. The second-order valence-corrected chi connectivity index (χ2v) is 16.8. The van der Waals surface area contributed by atoms with Crippen LogP contribution in [0.2, 0.25) is 0 Å². The van der Waals surface area contributed by atoms with Gasteiger partial charge < -0.3 is 19.7 Å². The van der Waals surface area contributed by atoms with Crippen molar-refractivity contribution in [1.29, 1.82) is 0 Å². The normalized spacial score (nSPS) is 32.7. The van der Waals surface area contributed by atoms with Gasteiger partial charge in [0.1, 0.15) is 17.8 Å². The van der Waals surface area contributed by atoms with E-state index in [0.717, 1.165) is 38.5 Å². The van der Waals surface area contributed by atoms with Crippen LogP contribution in [0.3, 0.4) is 0 Å². The Morgan fingerprint density at radius 2 is 1.31 bits per heavy atom. The smallest absolute Gasteiger partial charge is 0.306 e. The summed E-state index contributed by atoms with van der Waals surface area (Å²) in [5, 5.41) is 24.8. The molecular weight excluding hydrogens is 616 g/mol. The van der Waals surface area contributed by atoms with E-state index >= 15 is 0 Å². The van der Waals surface area contributed by atoms with Crippen LogP contribution >= 0.6 is 0 Å². The van der Waals surface area contributed by atoms with Gasteiger partial charge in [0.2, 0.25) is 0 Å². The fourth-order valence-corrected chi connectivity index (χ4v) is 9.89. The van der Waals surface area contributed by atoms with Gasteiger partial charge in [-0.15, -0.1) is 0 Å². The molecule has 4 rings (SSSR count). The highest BCUT2D eigenvalue weighted by Crippen LogP contribution is 2.76. The number of carbonyl (C=O) groups is 3. The van der Waals surface area contributed by atoms with Gasteiger partial charge in [-0.2, -0.15) is 0 Å². The molecule has 0 aromatic rings. The van der Waals surface area contributed by atoms with Crippen LogP contribution in [0.4, 0.5) is 0 Å². The van der Waals surface area contributed by atoms with Crippen LogP contribution in [0.1, 0.15) is 170 Å². The Labute approximate surface area is 297 Å². The summed E-state index contributed by atoms with van der Waals surface area (Å²) in [6.07, 6.45) is 23.3. The van der Waals surface area contributed by atoms with Gasteiger partial charge in [-0.1, -0.05) is 137 Å². The summed E-state index contributed by atoms with van der Waals surface area (Å²) in [6, 6.07) is 0. The van der Waals surface area contributed by atoms with E-state index in [4.69, 9.17) is 9.47 Å². The predicted octanol–water partition coefficient (Wildman–Crippen LogP) is 9.12. The number of unbranched alkanes of at least 4 members (excludes halogenated alkanes) is 14. The van der Waals surface area contributed by atoms with Crippen molar-refractivity contribution in [2.75, 3.05) is 6.61 Å². The first-order valence-corrected chi connectivity index (χ1v) is 20.0. The first-order chi connectivity index (χ1) is 23.3. The van der Waals surface area contributed by atoms with Crippen molar-refractivity contribution in [1.82, 2.24) is 0 Å². The highest BCUT2D eigenvalue weighted by atomic mass is 16.6. The van der Waals surface area contributed by atoms with Crippen LogP contribution in [0, 0.1) is 29.1 Å². The van der Waals surface area contributed by atoms with E-state index < -0.39 is 34.1 Å². The number of carbonyl (C=O) groups excluding carboxylic acids is 3. The number of Topliss-reactive ketones (excluding diaryl/α,β-unsaturated/α-hetero) is 1. The standard InChI is InChI=1S/C42H68O7/c1-7-9-11-13-15-16-18-20-22-24-36(44)49-41-27-31(4)42(47)33(37(41)39(41,5)6)26-32(28-40(46)34(42)25-30(3)38(40)45)29-48-35(43)23-21-19-17-14-12-10-8-2/h25-26,31,33-34,37,46-47H,7-24,27-29H2,1-6H3/t31-,33+,34-,37-,40-,41+,42-/m1/s1. The van der Waals surface area contributed by atoms with E-state index in [1.54, 1.807) is 13.0 Å². The molecule has 2 saturated carbocycles. The third kappa shape index (κ3) is 8.40. The summed E-state index contributed by atoms with van der Waals surface area (Å²) in [6.45, 7) is 12.3. The first kappa shape index (κ1) is 39.8. The second kappa shape index (κ2) is 17.0. The average Bonchev–Trinajstić information content (AvgIpc) is 3.46. The zero-order valence-electron chi connectivity index (χ0n) is 31.7. The Kier molecular flexibility index (Phi) is 13.8. The highest BCUT2D eigenvalue weighted by Gasteiger charge is 2.83. The van der Waals surface area contributed by atoms with E-state index in [1.807, 2.05) is 13.0 Å². The average molecular weight is 685 g/mol. The molecule has 0 aliphatic heterocycles. The molecule has 0 saturated heterocycles. The van der Waals surface area contributed by atoms with E-state index in [1.165, 1.54) is 64.2 Å². The maximum atomic E-state index is 13.5. The topological polar surface area (TPSA) is 110 Å². The minimum absolute atomic E-state index is 0.000874. The molecule has 0 aromatic carbocycles. The molecule has 7 heteroatoms. The van der Waals surface area contributed by atoms with E-state index in [2.05, 4.69) is 27.7 Å². The molecule has 2 fully saturated rings. The van der Waals surface area contributed by atoms with Gasteiger partial charge in [0, 0.05) is 42.4 Å². The summed E-state index contributed by atoms with van der Waals surface area (Å²) >= 11 is 0. The van der Waals surface area contributed by atoms with Gasteiger partial charge in [-0.3, -0.25) is 14.4 Å². The van der Waals surface area contributed by atoms with Crippen molar-refractivity contribution in [2.45, 2.75) is 187 Å². The summed E-state index contributed by atoms with van der Waals surface area (Å²) < 4.78 is 12.2. The molecule has 0 unspecified atom stereocenters. The summed E-state index contributed by atoms with van der Waals surface area (Å²) in [5.74, 6) is -2.70. The molecule has 4 aliphatic carbocycles. The molecule has 0 spiro atoms. The highest BCUT2D eigenvalue weighted by molar-refractivity contribution is 6.04. The maximum absolute atomic E-state index is 13.5. The Morgan fingerprint density at radius 1 is 0.796 bits per heavy atom. The van der Waals surface area contributed by atoms with Gasteiger partial charge in [0.15, 0.2) is 5.78 Å². The molecule has 278 valence electrons. The van der Waals surface area contributed by atoms with Gasteiger partial charge >= 0.3 is 11.9 Å². The number of hydrogen-bond donors (Lipinski definition) is 2. The quantitative estimate of drug-likeness (QED) is 0.0705. The van der Waals surface area contributed by atoms with Gasteiger partial charge in [-0.25, -0.2) is 0 Å². The van der Waals surface area contributed by atoms with Crippen molar-refractivity contribution < 1.29 is 34.1 Å². The van der Waals surface area contributed by atoms with E-state index in [-0.39, 0.29) is 42.6 Å². The van der Waals surface area contributed by atoms with Crippen molar-refractivity contribution in [3.8, 4) is 0 Å². The third-order valence-corrected chi connectivity index (χ3v) is 12.9. The molecule has 0 bridgehead atoms. The molecule has 7 nitrogen and oxygen atoms in total. The molecule has 0 aromatic heterocycles. The largest absolute Gasteiger partial charge is 0.461 e. The van der Waals surface area contributed by atoms with Crippen LogP contribution in [-0.2, 0) is 23.9 Å². The Morgan fingerprint density at radius 3 is 1.86 bits per heavy atom. The van der Waals surface area contributed by atoms with Gasteiger partial charge in [-0.05, 0) is 43.3 Å². The van der Waals surface area contributed by atoms with Crippen LogP contribution < -0.4 is 0 Å². The number of ether oxygens (including phenoxy) is 2. The summed E-state index contributed by atoms with van der Waals surface area (Å²) in [4.78, 5) is 39.6. The first-order valence-electron chi connectivity index (χ1n) is 20.0. The molecule has 0 radical (unpaired) electrons. The number of rotatable bonds is 21. The lowest BCUT2D eigenvalue weighted by molar-refractivity contribution is -0.187. The Balaban J connectivity index is 1.44. The number of hydrogen-bond acceptors (Lipinski definition) is 7. The molecule has 4 aliphatic rings. The van der Waals surface area contributed by atoms with E-state index in [0.29, 0.717) is 30.4 Å². The van der Waals surface area contributed by atoms with Gasteiger partial charge in [0.25, 0.3) is 0 Å². The van der Waals surface area contributed by atoms with Crippen LogP contribution in [0.25, 0.3) is 0 Å². The van der Waals surface area contributed by atoms with Crippen molar-refractivity contribution >= 4 is 17.7 Å². The van der Waals surface area contributed by atoms with Gasteiger partial charge in [0.05, 0.1) is 5.60 Å². The molecule has 7 atom stereocenters. The monoisotopic (exact) mass is 684 g/mol. The Hall–Kier alpha value is -1.99. The second-order valence-electron chi connectivity index (χ2n) is 16.8. The minimum Gasteiger partial charge on any atom is -0.461 e. The van der Waals surface area contributed by atoms with E-state index in [9.17, 15) is 24.6 Å². The molecular formula is C42H68O7. The SMILES string of the molecule is CCCCCCCCCCCC(=O)O[C@@]12C[C@@H](C)[C@@]3(O)[C@@H](C=C(COC(=O)CCCCCCCCC)C[C@]4(O)C(=O)C(C)=C[C@@H]34)[C@@H]1C2(C)C. The van der Waals surface area contributed by atoms with Crippen LogP contribution in [0.5, 0.6) is 0 Å². The third-order valence-electron chi connectivity index (χ3n) is 12.9. The predicted molar refractivity (Wildman–Crippen MR) is 194 cm³/mol.